The number of rotatable bonds is 4. The normalized spacial score (nSPS) is 23.5. The van der Waals surface area contributed by atoms with Crippen molar-refractivity contribution < 1.29 is 0 Å². The van der Waals surface area contributed by atoms with Crippen LogP contribution in [0.4, 0.5) is 0 Å². The molecule has 2 rings (SSSR count). The molecule has 1 aliphatic rings. The van der Waals surface area contributed by atoms with E-state index in [1.54, 1.807) is 0 Å². The lowest BCUT2D eigenvalue weighted by atomic mass is 10.0. The molecule has 1 fully saturated rings. The monoisotopic (exact) mass is 325 g/mol. The van der Waals surface area contributed by atoms with Gasteiger partial charge in [0.15, 0.2) is 0 Å². The van der Waals surface area contributed by atoms with Crippen LogP contribution in [0.25, 0.3) is 0 Å². The molecule has 2 unspecified atom stereocenters. The van der Waals surface area contributed by atoms with Crippen molar-refractivity contribution in [1.29, 1.82) is 0 Å². The number of halogens is 1. The molecule has 1 aromatic carbocycles. The predicted molar refractivity (Wildman–Crippen MR) is 84.2 cm³/mol. The van der Waals surface area contributed by atoms with Gasteiger partial charge in [0.2, 0.25) is 0 Å². The smallest absolute Gasteiger partial charge is 0.0307 e. The Balaban J connectivity index is 1.80. The highest BCUT2D eigenvalue weighted by molar-refractivity contribution is 9.10. The second kappa shape index (κ2) is 6.84. The zero-order valence-corrected chi connectivity index (χ0v) is 13.4. The summed E-state index contributed by atoms with van der Waals surface area (Å²) in [6.07, 6.45) is 1.03. The van der Waals surface area contributed by atoms with E-state index in [9.17, 15) is 0 Å². The van der Waals surface area contributed by atoms with E-state index in [1.165, 1.54) is 5.56 Å². The van der Waals surface area contributed by atoms with Crippen LogP contribution in [0.15, 0.2) is 28.7 Å². The summed E-state index contributed by atoms with van der Waals surface area (Å²) in [5.41, 5.74) is 7.50. The third-order valence-corrected chi connectivity index (χ3v) is 4.63. The van der Waals surface area contributed by atoms with Crippen LogP contribution in [0.3, 0.4) is 0 Å². The number of hydrogen-bond acceptors (Lipinski definition) is 3. The zero-order valence-electron chi connectivity index (χ0n) is 11.8. The molecule has 106 valence electrons. The van der Waals surface area contributed by atoms with Crippen molar-refractivity contribution in [3.05, 3.63) is 34.3 Å². The molecular formula is C15H24BrN3. The van der Waals surface area contributed by atoms with Crippen LogP contribution in [0.5, 0.6) is 0 Å². The fraction of sp³-hybridized carbons (Fsp3) is 0.600. The summed E-state index contributed by atoms with van der Waals surface area (Å²) in [4.78, 5) is 4.95. The highest BCUT2D eigenvalue weighted by Gasteiger charge is 2.20. The van der Waals surface area contributed by atoms with E-state index >= 15 is 0 Å². The second-order valence-electron chi connectivity index (χ2n) is 5.58. The van der Waals surface area contributed by atoms with Gasteiger partial charge in [-0.2, -0.15) is 0 Å². The van der Waals surface area contributed by atoms with Gasteiger partial charge in [-0.05, 0) is 38.1 Å². The van der Waals surface area contributed by atoms with Gasteiger partial charge in [0.25, 0.3) is 0 Å². The molecule has 0 aromatic heterocycles. The molecule has 0 amide bonds. The summed E-state index contributed by atoms with van der Waals surface area (Å²) in [5.74, 6) is 0. The average molecular weight is 326 g/mol. The minimum absolute atomic E-state index is 0.142. The van der Waals surface area contributed by atoms with Gasteiger partial charge in [-0.3, -0.25) is 0 Å². The largest absolute Gasteiger partial charge is 0.324 e. The van der Waals surface area contributed by atoms with Crippen molar-refractivity contribution in [3.63, 3.8) is 0 Å². The summed E-state index contributed by atoms with van der Waals surface area (Å²) >= 11 is 3.45. The maximum absolute atomic E-state index is 6.27. The van der Waals surface area contributed by atoms with Crippen LogP contribution in [-0.2, 0) is 0 Å². The first-order valence-electron chi connectivity index (χ1n) is 7.00. The van der Waals surface area contributed by atoms with E-state index in [0.29, 0.717) is 6.04 Å². The first-order chi connectivity index (χ1) is 9.06. The summed E-state index contributed by atoms with van der Waals surface area (Å²) in [6, 6.07) is 9.14. The molecule has 1 aliphatic heterocycles. The Bertz CT molecular complexity index is 393. The van der Waals surface area contributed by atoms with Gasteiger partial charge in [0, 0.05) is 42.7 Å². The van der Waals surface area contributed by atoms with Crippen LogP contribution in [-0.4, -0.2) is 49.1 Å². The van der Waals surface area contributed by atoms with Gasteiger partial charge in [0.1, 0.15) is 0 Å². The van der Waals surface area contributed by atoms with Gasteiger partial charge >= 0.3 is 0 Å². The topological polar surface area (TPSA) is 32.5 Å². The minimum atomic E-state index is 0.142. The number of benzene rings is 1. The Morgan fingerprint density at radius 2 is 2.00 bits per heavy atom. The number of piperazine rings is 1. The molecule has 2 N–H and O–H groups in total. The lowest BCUT2D eigenvalue weighted by molar-refractivity contribution is 0.103. The SMILES string of the molecule is CC1CN(CCC(N)c2ccc(Br)cc2)CCN1C. The first-order valence-corrected chi connectivity index (χ1v) is 7.79. The highest BCUT2D eigenvalue weighted by Crippen LogP contribution is 2.18. The van der Waals surface area contributed by atoms with Gasteiger partial charge in [-0.25, -0.2) is 0 Å². The maximum atomic E-state index is 6.27. The van der Waals surface area contributed by atoms with Crippen molar-refractivity contribution in [2.75, 3.05) is 33.2 Å². The third kappa shape index (κ3) is 4.28. The van der Waals surface area contributed by atoms with Crippen molar-refractivity contribution >= 4 is 15.9 Å². The third-order valence-electron chi connectivity index (χ3n) is 4.10. The van der Waals surface area contributed by atoms with E-state index in [-0.39, 0.29) is 6.04 Å². The fourth-order valence-electron chi connectivity index (χ4n) is 2.53. The Kier molecular flexibility index (Phi) is 5.39. The summed E-state index contributed by atoms with van der Waals surface area (Å²) < 4.78 is 1.11. The summed E-state index contributed by atoms with van der Waals surface area (Å²) in [6.45, 7) is 6.86. The lowest BCUT2D eigenvalue weighted by Crippen LogP contribution is -2.50. The molecular weight excluding hydrogens is 302 g/mol. The van der Waals surface area contributed by atoms with Crippen LogP contribution in [0.1, 0.15) is 24.9 Å². The molecule has 1 saturated heterocycles. The summed E-state index contributed by atoms with van der Waals surface area (Å²) in [7, 11) is 2.20. The van der Waals surface area contributed by atoms with Crippen molar-refractivity contribution in [2.24, 2.45) is 5.73 Å². The Labute approximate surface area is 124 Å². The Morgan fingerprint density at radius 3 is 2.63 bits per heavy atom. The van der Waals surface area contributed by atoms with Crippen LogP contribution < -0.4 is 5.73 Å². The highest BCUT2D eigenvalue weighted by atomic mass is 79.9. The predicted octanol–water partition coefficient (Wildman–Crippen LogP) is 2.47. The molecule has 0 spiro atoms. The molecule has 0 radical (unpaired) electrons. The maximum Gasteiger partial charge on any atom is 0.0307 e. The van der Waals surface area contributed by atoms with E-state index in [0.717, 1.165) is 37.1 Å². The Hall–Kier alpha value is -0.420. The second-order valence-corrected chi connectivity index (χ2v) is 6.49. The number of nitrogens with zero attached hydrogens (tertiary/aromatic N) is 2. The molecule has 3 nitrogen and oxygen atoms in total. The minimum Gasteiger partial charge on any atom is -0.324 e. The number of hydrogen-bond donors (Lipinski definition) is 1. The van der Waals surface area contributed by atoms with Gasteiger partial charge in [-0.1, -0.05) is 28.1 Å². The molecule has 19 heavy (non-hydrogen) atoms. The Morgan fingerprint density at radius 1 is 1.32 bits per heavy atom. The quantitative estimate of drug-likeness (QED) is 0.923. The molecule has 2 atom stereocenters. The molecule has 0 bridgehead atoms. The average Bonchev–Trinajstić information content (AvgIpc) is 2.40. The zero-order chi connectivity index (χ0) is 13.8. The molecule has 1 heterocycles. The number of nitrogens with two attached hydrogens (primary N) is 1. The molecule has 0 aliphatic carbocycles. The first kappa shape index (κ1) is 15.0. The number of likely N-dealkylation sites (N-methyl/N-ethyl adjacent to an activating group) is 1. The molecule has 4 heteroatoms. The fourth-order valence-corrected chi connectivity index (χ4v) is 2.79. The van der Waals surface area contributed by atoms with Crippen molar-refractivity contribution in [1.82, 2.24) is 9.80 Å². The van der Waals surface area contributed by atoms with Crippen LogP contribution in [0, 0.1) is 0 Å². The van der Waals surface area contributed by atoms with E-state index in [1.807, 2.05) is 0 Å². The van der Waals surface area contributed by atoms with Crippen LogP contribution >= 0.6 is 15.9 Å². The lowest BCUT2D eigenvalue weighted by Gasteiger charge is -2.38. The van der Waals surface area contributed by atoms with Crippen molar-refractivity contribution in [3.8, 4) is 0 Å². The standard InChI is InChI=1S/C15H24BrN3/c1-12-11-19(10-9-18(12)2)8-7-15(17)13-3-5-14(16)6-4-13/h3-6,12,15H,7-11,17H2,1-2H3. The molecule has 0 saturated carbocycles. The van der Waals surface area contributed by atoms with Crippen LogP contribution in [0.2, 0.25) is 0 Å². The van der Waals surface area contributed by atoms with Gasteiger partial charge in [0.05, 0.1) is 0 Å². The van der Waals surface area contributed by atoms with Gasteiger partial charge in [-0.15, -0.1) is 0 Å². The summed E-state index contributed by atoms with van der Waals surface area (Å²) in [5, 5.41) is 0. The van der Waals surface area contributed by atoms with E-state index in [2.05, 4.69) is 64.0 Å². The van der Waals surface area contributed by atoms with Gasteiger partial charge < -0.3 is 15.5 Å². The molecule has 1 aromatic rings. The van der Waals surface area contributed by atoms with E-state index < -0.39 is 0 Å². The van der Waals surface area contributed by atoms with E-state index in [4.69, 9.17) is 5.73 Å². The van der Waals surface area contributed by atoms with Crippen molar-refractivity contribution in [2.45, 2.75) is 25.4 Å².